The molecule has 0 saturated carbocycles. The summed E-state index contributed by atoms with van der Waals surface area (Å²) < 4.78 is 0. The minimum absolute atomic E-state index is 0.0595. The normalized spacial score (nSPS) is 17.2. The van der Waals surface area contributed by atoms with Crippen molar-refractivity contribution in [1.29, 1.82) is 0 Å². The van der Waals surface area contributed by atoms with Crippen molar-refractivity contribution in [1.82, 2.24) is 4.90 Å². The number of nitrogens with zero attached hydrogens (tertiary/aromatic N) is 1. The summed E-state index contributed by atoms with van der Waals surface area (Å²) in [5, 5.41) is 0. The maximum atomic E-state index is 12.2. The first kappa shape index (κ1) is 12.1. The van der Waals surface area contributed by atoms with Crippen LogP contribution in [0.4, 0.5) is 0 Å². The summed E-state index contributed by atoms with van der Waals surface area (Å²) in [6.45, 7) is 5.63. The van der Waals surface area contributed by atoms with E-state index in [0.29, 0.717) is 12.5 Å². The Morgan fingerprint density at radius 1 is 1.35 bits per heavy atom. The molecule has 1 aliphatic heterocycles. The van der Waals surface area contributed by atoms with Crippen LogP contribution in [0.25, 0.3) is 0 Å². The molecule has 1 aromatic carbocycles. The molecule has 0 bridgehead atoms. The van der Waals surface area contributed by atoms with E-state index in [4.69, 9.17) is 5.73 Å². The van der Waals surface area contributed by atoms with Gasteiger partial charge in [0.1, 0.15) is 0 Å². The Morgan fingerprint density at radius 2 is 2.06 bits per heavy atom. The summed E-state index contributed by atoms with van der Waals surface area (Å²) in [6, 6.07) is 7.91. The molecule has 0 aromatic heterocycles. The van der Waals surface area contributed by atoms with Crippen LogP contribution < -0.4 is 5.73 Å². The summed E-state index contributed by atoms with van der Waals surface area (Å²) >= 11 is 0. The first-order chi connectivity index (χ1) is 8.09. The van der Waals surface area contributed by atoms with Crippen molar-refractivity contribution in [2.75, 3.05) is 13.1 Å². The van der Waals surface area contributed by atoms with Gasteiger partial charge in [0.05, 0.1) is 0 Å². The SMILES string of the molecule is CC(C)C(N)CN1CCc2ccccc2C1=O. The quantitative estimate of drug-likeness (QED) is 0.861. The molecule has 1 unspecified atom stereocenters. The minimum atomic E-state index is 0.0595. The second kappa shape index (κ2) is 4.88. The van der Waals surface area contributed by atoms with Crippen molar-refractivity contribution in [3.8, 4) is 0 Å². The molecule has 2 rings (SSSR count). The third kappa shape index (κ3) is 2.50. The lowest BCUT2D eigenvalue weighted by Gasteiger charge is -2.31. The van der Waals surface area contributed by atoms with Gasteiger partial charge in [-0.15, -0.1) is 0 Å². The van der Waals surface area contributed by atoms with Crippen LogP contribution in [0.5, 0.6) is 0 Å². The van der Waals surface area contributed by atoms with Crippen LogP contribution in [0.15, 0.2) is 24.3 Å². The monoisotopic (exact) mass is 232 g/mol. The number of carbonyl (C=O) groups is 1. The molecule has 0 fully saturated rings. The molecule has 17 heavy (non-hydrogen) atoms. The van der Waals surface area contributed by atoms with E-state index in [1.807, 2.05) is 29.2 Å². The second-order valence-corrected chi connectivity index (χ2v) is 5.07. The van der Waals surface area contributed by atoms with E-state index < -0.39 is 0 Å². The van der Waals surface area contributed by atoms with E-state index >= 15 is 0 Å². The zero-order chi connectivity index (χ0) is 12.4. The average Bonchev–Trinajstić information content (AvgIpc) is 2.33. The number of benzene rings is 1. The number of carbonyl (C=O) groups excluding carboxylic acids is 1. The van der Waals surface area contributed by atoms with Gasteiger partial charge in [-0.3, -0.25) is 4.79 Å². The first-order valence-corrected chi connectivity index (χ1v) is 6.22. The summed E-state index contributed by atoms with van der Waals surface area (Å²) in [6.07, 6.45) is 0.937. The first-order valence-electron chi connectivity index (χ1n) is 6.22. The van der Waals surface area contributed by atoms with Crippen LogP contribution in [0, 0.1) is 5.92 Å². The number of rotatable bonds is 3. The minimum Gasteiger partial charge on any atom is -0.337 e. The Morgan fingerprint density at radius 3 is 2.76 bits per heavy atom. The van der Waals surface area contributed by atoms with Crippen LogP contribution in [0.1, 0.15) is 29.8 Å². The van der Waals surface area contributed by atoms with Gasteiger partial charge in [-0.05, 0) is 24.0 Å². The van der Waals surface area contributed by atoms with Crippen molar-refractivity contribution in [3.05, 3.63) is 35.4 Å². The lowest BCUT2D eigenvalue weighted by atomic mass is 9.97. The number of nitrogens with two attached hydrogens (primary N) is 1. The van der Waals surface area contributed by atoms with E-state index in [-0.39, 0.29) is 11.9 Å². The molecule has 0 radical (unpaired) electrons. The van der Waals surface area contributed by atoms with Crippen molar-refractivity contribution in [2.45, 2.75) is 26.3 Å². The topological polar surface area (TPSA) is 46.3 Å². The Balaban J connectivity index is 2.12. The maximum absolute atomic E-state index is 12.2. The van der Waals surface area contributed by atoms with Gasteiger partial charge in [0.25, 0.3) is 5.91 Å². The lowest BCUT2D eigenvalue weighted by molar-refractivity contribution is 0.0721. The molecule has 1 atom stereocenters. The summed E-state index contributed by atoms with van der Waals surface area (Å²) in [7, 11) is 0. The zero-order valence-corrected chi connectivity index (χ0v) is 10.5. The van der Waals surface area contributed by atoms with E-state index in [2.05, 4.69) is 13.8 Å². The Hall–Kier alpha value is -1.35. The fourth-order valence-electron chi connectivity index (χ4n) is 2.11. The molecule has 1 heterocycles. The highest BCUT2D eigenvalue weighted by atomic mass is 16.2. The number of hydrogen-bond acceptors (Lipinski definition) is 2. The molecule has 2 N–H and O–H groups in total. The molecule has 0 saturated heterocycles. The fourth-order valence-corrected chi connectivity index (χ4v) is 2.11. The highest BCUT2D eigenvalue weighted by Gasteiger charge is 2.25. The standard InChI is InChI=1S/C14H20N2O/c1-10(2)13(15)9-16-8-7-11-5-3-4-6-12(11)14(16)17/h3-6,10,13H,7-9,15H2,1-2H3. The zero-order valence-electron chi connectivity index (χ0n) is 10.5. The van der Waals surface area contributed by atoms with Crippen LogP contribution in [0.2, 0.25) is 0 Å². The number of hydrogen-bond donors (Lipinski definition) is 1. The van der Waals surface area contributed by atoms with Crippen LogP contribution >= 0.6 is 0 Å². The molecule has 1 aliphatic rings. The van der Waals surface area contributed by atoms with Crippen LogP contribution in [-0.4, -0.2) is 29.9 Å². The smallest absolute Gasteiger partial charge is 0.254 e. The Labute approximate surface area is 103 Å². The predicted octanol–water partition coefficient (Wildman–Crippen LogP) is 1.67. The molecule has 3 nitrogen and oxygen atoms in total. The molecule has 0 aliphatic carbocycles. The highest BCUT2D eigenvalue weighted by molar-refractivity contribution is 5.96. The fraction of sp³-hybridized carbons (Fsp3) is 0.500. The van der Waals surface area contributed by atoms with Gasteiger partial charge in [-0.1, -0.05) is 32.0 Å². The van der Waals surface area contributed by atoms with Gasteiger partial charge >= 0.3 is 0 Å². The number of fused-ring (bicyclic) bond motifs is 1. The van der Waals surface area contributed by atoms with Crippen molar-refractivity contribution < 1.29 is 4.79 Å². The molecular formula is C14H20N2O. The van der Waals surface area contributed by atoms with Crippen molar-refractivity contribution in [2.24, 2.45) is 11.7 Å². The van der Waals surface area contributed by atoms with Gasteiger partial charge in [0, 0.05) is 24.7 Å². The van der Waals surface area contributed by atoms with Crippen LogP contribution in [0.3, 0.4) is 0 Å². The third-order valence-corrected chi connectivity index (χ3v) is 3.47. The second-order valence-electron chi connectivity index (χ2n) is 5.07. The largest absolute Gasteiger partial charge is 0.337 e. The van der Waals surface area contributed by atoms with Crippen molar-refractivity contribution in [3.63, 3.8) is 0 Å². The number of amides is 1. The summed E-state index contributed by atoms with van der Waals surface area (Å²) in [4.78, 5) is 14.1. The highest BCUT2D eigenvalue weighted by Crippen LogP contribution is 2.19. The van der Waals surface area contributed by atoms with E-state index in [1.54, 1.807) is 0 Å². The third-order valence-electron chi connectivity index (χ3n) is 3.47. The molecular weight excluding hydrogens is 212 g/mol. The predicted molar refractivity (Wildman–Crippen MR) is 68.9 cm³/mol. The molecule has 92 valence electrons. The van der Waals surface area contributed by atoms with E-state index in [1.165, 1.54) is 0 Å². The molecule has 1 amide bonds. The van der Waals surface area contributed by atoms with E-state index in [9.17, 15) is 4.79 Å². The molecule has 1 aromatic rings. The molecule has 3 heteroatoms. The lowest BCUT2D eigenvalue weighted by Crippen LogP contribution is -2.46. The summed E-state index contributed by atoms with van der Waals surface area (Å²) in [5.41, 5.74) is 8.04. The van der Waals surface area contributed by atoms with Gasteiger partial charge in [-0.2, -0.15) is 0 Å². The van der Waals surface area contributed by atoms with Gasteiger partial charge in [0.15, 0.2) is 0 Å². The van der Waals surface area contributed by atoms with Gasteiger partial charge in [0.2, 0.25) is 0 Å². The van der Waals surface area contributed by atoms with E-state index in [0.717, 1.165) is 24.1 Å². The molecule has 0 spiro atoms. The van der Waals surface area contributed by atoms with Gasteiger partial charge < -0.3 is 10.6 Å². The maximum Gasteiger partial charge on any atom is 0.254 e. The average molecular weight is 232 g/mol. The Bertz CT molecular complexity index is 414. The summed E-state index contributed by atoms with van der Waals surface area (Å²) in [5.74, 6) is 0.530. The van der Waals surface area contributed by atoms with Gasteiger partial charge in [-0.25, -0.2) is 0 Å². The Kier molecular flexibility index (Phi) is 3.48. The van der Waals surface area contributed by atoms with Crippen LogP contribution in [-0.2, 0) is 6.42 Å². The van der Waals surface area contributed by atoms with Crippen molar-refractivity contribution >= 4 is 5.91 Å².